The van der Waals surface area contributed by atoms with Crippen LogP contribution in [0.4, 0.5) is 34.1 Å². The molecule has 0 atom stereocenters. The lowest BCUT2D eigenvalue weighted by molar-refractivity contribution is 1.06. The Labute approximate surface area is 158 Å². The van der Waals surface area contributed by atoms with Crippen molar-refractivity contribution in [2.24, 2.45) is 0 Å². The highest BCUT2D eigenvalue weighted by atomic mass is 15.3. The predicted molar refractivity (Wildman–Crippen MR) is 112 cm³/mol. The number of rotatable bonds is 1. The second-order valence-electron chi connectivity index (χ2n) is 7.09. The number of hydrogen-bond acceptors (Lipinski definition) is 2. The molecule has 27 heavy (non-hydrogen) atoms. The number of anilines is 6. The predicted octanol–water partition coefficient (Wildman–Crippen LogP) is 6.84. The molecule has 0 radical (unpaired) electrons. The number of nitrogens with zero attached hydrogens (tertiary/aromatic N) is 2. The molecule has 0 saturated heterocycles. The minimum Gasteiger partial charge on any atom is -0.306 e. The Balaban J connectivity index is 1.70. The average molecular weight is 346 g/mol. The van der Waals surface area contributed by atoms with Crippen molar-refractivity contribution >= 4 is 34.1 Å². The van der Waals surface area contributed by atoms with Crippen LogP contribution in [-0.2, 0) is 6.42 Å². The zero-order valence-electron chi connectivity index (χ0n) is 14.8. The number of para-hydroxylation sites is 5. The summed E-state index contributed by atoms with van der Waals surface area (Å²) in [5.74, 6) is 0. The molecule has 0 bridgehead atoms. The SMILES string of the molecule is c1ccc(N2c3ccccc3N3c4ccccc4Cc4cccc2c43)cc1. The summed E-state index contributed by atoms with van der Waals surface area (Å²) in [4.78, 5) is 4.83. The normalized spacial score (nSPS) is 13.6. The molecule has 128 valence electrons. The second kappa shape index (κ2) is 5.49. The molecule has 0 aliphatic carbocycles. The van der Waals surface area contributed by atoms with Gasteiger partial charge in [0.05, 0.1) is 22.7 Å². The summed E-state index contributed by atoms with van der Waals surface area (Å²) in [6, 6.07) is 34.8. The summed E-state index contributed by atoms with van der Waals surface area (Å²) < 4.78 is 0. The van der Waals surface area contributed by atoms with Gasteiger partial charge in [-0.3, -0.25) is 0 Å². The first-order chi connectivity index (χ1) is 13.4. The third-order valence-electron chi connectivity index (χ3n) is 5.55. The fourth-order valence-corrected chi connectivity index (χ4v) is 4.44. The highest BCUT2D eigenvalue weighted by Gasteiger charge is 2.34. The van der Waals surface area contributed by atoms with Gasteiger partial charge in [0.2, 0.25) is 0 Å². The van der Waals surface area contributed by atoms with Gasteiger partial charge >= 0.3 is 0 Å². The smallest absolute Gasteiger partial charge is 0.0739 e. The first-order valence-electron chi connectivity index (χ1n) is 9.36. The second-order valence-corrected chi connectivity index (χ2v) is 7.09. The Hall–Kier alpha value is -3.52. The van der Waals surface area contributed by atoms with Crippen molar-refractivity contribution in [3.8, 4) is 0 Å². The molecule has 0 saturated carbocycles. The van der Waals surface area contributed by atoms with Gasteiger partial charge in [-0.1, -0.05) is 60.7 Å². The molecular weight excluding hydrogens is 328 g/mol. The first-order valence-corrected chi connectivity index (χ1v) is 9.36. The van der Waals surface area contributed by atoms with Gasteiger partial charge in [0, 0.05) is 17.8 Å². The molecule has 0 amide bonds. The summed E-state index contributed by atoms with van der Waals surface area (Å²) in [5, 5.41) is 0. The van der Waals surface area contributed by atoms with Gasteiger partial charge in [-0.25, -0.2) is 0 Å². The van der Waals surface area contributed by atoms with Crippen LogP contribution in [0.15, 0.2) is 97.1 Å². The third-order valence-corrected chi connectivity index (χ3v) is 5.55. The monoisotopic (exact) mass is 346 g/mol. The molecule has 2 heterocycles. The van der Waals surface area contributed by atoms with Crippen molar-refractivity contribution in [3.63, 3.8) is 0 Å². The van der Waals surface area contributed by atoms with Crippen molar-refractivity contribution < 1.29 is 0 Å². The van der Waals surface area contributed by atoms with Gasteiger partial charge in [0.15, 0.2) is 0 Å². The van der Waals surface area contributed by atoms with Crippen LogP contribution in [0, 0.1) is 0 Å². The fraction of sp³-hybridized carbons (Fsp3) is 0.0400. The molecule has 2 heteroatoms. The number of fused-ring (bicyclic) bond motifs is 4. The lowest BCUT2D eigenvalue weighted by atomic mass is 9.91. The molecule has 0 fully saturated rings. The van der Waals surface area contributed by atoms with E-state index in [4.69, 9.17) is 0 Å². The Kier molecular flexibility index (Phi) is 2.97. The fourth-order valence-electron chi connectivity index (χ4n) is 4.44. The molecule has 4 aromatic rings. The van der Waals surface area contributed by atoms with Crippen LogP contribution >= 0.6 is 0 Å². The van der Waals surface area contributed by atoms with Crippen LogP contribution in [-0.4, -0.2) is 0 Å². The van der Waals surface area contributed by atoms with Crippen molar-refractivity contribution in [1.82, 2.24) is 0 Å². The maximum absolute atomic E-state index is 2.44. The van der Waals surface area contributed by atoms with E-state index in [9.17, 15) is 0 Å². The zero-order chi connectivity index (χ0) is 17.8. The molecule has 0 unspecified atom stereocenters. The lowest BCUT2D eigenvalue weighted by Crippen LogP contribution is -2.27. The van der Waals surface area contributed by atoms with E-state index < -0.39 is 0 Å². The van der Waals surface area contributed by atoms with Crippen LogP contribution in [0.2, 0.25) is 0 Å². The van der Waals surface area contributed by atoms with Crippen LogP contribution in [0.25, 0.3) is 0 Å². The van der Waals surface area contributed by atoms with E-state index in [-0.39, 0.29) is 0 Å². The molecule has 2 aliphatic heterocycles. The molecule has 0 aromatic heterocycles. The van der Waals surface area contributed by atoms with Gasteiger partial charge in [0.1, 0.15) is 0 Å². The van der Waals surface area contributed by atoms with Gasteiger partial charge < -0.3 is 9.80 Å². The maximum atomic E-state index is 2.44. The van der Waals surface area contributed by atoms with Crippen molar-refractivity contribution in [3.05, 3.63) is 108 Å². The molecule has 0 N–H and O–H groups in total. The minimum atomic E-state index is 0.973. The summed E-state index contributed by atoms with van der Waals surface area (Å²) in [6.07, 6.45) is 0.973. The van der Waals surface area contributed by atoms with E-state index in [0.29, 0.717) is 0 Å². The Morgan fingerprint density at radius 3 is 1.85 bits per heavy atom. The first kappa shape index (κ1) is 14.6. The van der Waals surface area contributed by atoms with Gasteiger partial charge in [-0.05, 0) is 47.5 Å². The van der Waals surface area contributed by atoms with E-state index in [0.717, 1.165) is 6.42 Å². The highest BCUT2D eigenvalue weighted by Crippen LogP contribution is 2.57. The Morgan fingerprint density at radius 1 is 0.444 bits per heavy atom. The van der Waals surface area contributed by atoms with E-state index >= 15 is 0 Å². The molecule has 2 aliphatic rings. The van der Waals surface area contributed by atoms with E-state index in [1.54, 1.807) is 0 Å². The van der Waals surface area contributed by atoms with Crippen LogP contribution < -0.4 is 9.80 Å². The lowest BCUT2D eigenvalue weighted by Gasteiger charge is -2.44. The van der Waals surface area contributed by atoms with Crippen LogP contribution in [0.5, 0.6) is 0 Å². The molecule has 6 rings (SSSR count). The number of benzene rings is 4. The van der Waals surface area contributed by atoms with Crippen molar-refractivity contribution in [2.45, 2.75) is 6.42 Å². The zero-order valence-corrected chi connectivity index (χ0v) is 14.8. The minimum absolute atomic E-state index is 0.973. The Morgan fingerprint density at radius 2 is 1.04 bits per heavy atom. The highest BCUT2D eigenvalue weighted by molar-refractivity contribution is 6.03. The number of hydrogen-bond donors (Lipinski definition) is 0. The topological polar surface area (TPSA) is 6.48 Å². The van der Waals surface area contributed by atoms with Crippen LogP contribution in [0.1, 0.15) is 11.1 Å². The molecular formula is C25H18N2. The Bertz CT molecular complexity index is 1160. The summed E-state index contributed by atoms with van der Waals surface area (Å²) in [5.41, 5.74) is 10.2. The summed E-state index contributed by atoms with van der Waals surface area (Å²) in [7, 11) is 0. The molecule has 0 spiro atoms. The van der Waals surface area contributed by atoms with E-state index in [2.05, 4.69) is 107 Å². The molecule has 2 nitrogen and oxygen atoms in total. The standard InChI is InChI=1S/C25H18N2/c1-2-11-20(12-3-1)26-22-14-6-7-15-23(22)27-21-13-5-4-9-18(21)17-19-10-8-16-24(26)25(19)27/h1-16H,17H2. The van der Waals surface area contributed by atoms with Crippen molar-refractivity contribution in [1.29, 1.82) is 0 Å². The molecule has 4 aromatic carbocycles. The third kappa shape index (κ3) is 2.01. The van der Waals surface area contributed by atoms with Gasteiger partial charge in [-0.2, -0.15) is 0 Å². The van der Waals surface area contributed by atoms with Gasteiger partial charge in [-0.15, -0.1) is 0 Å². The largest absolute Gasteiger partial charge is 0.306 e. The van der Waals surface area contributed by atoms with E-state index in [1.807, 2.05) is 0 Å². The summed E-state index contributed by atoms with van der Waals surface area (Å²) in [6.45, 7) is 0. The average Bonchev–Trinajstić information content (AvgIpc) is 2.74. The maximum Gasteiger partial charge on any atom is 0.0739 e. The van der Waals surface area contributed by atoms with Gasteiger partial charge in [0.25, 0.3) is 0 Å². The summed E-state index contributed by atoms with van der Waals surface area (Å²) >= 11 is 0. The van der Waals surface area contributed by atoms with Crippen LogP contribution in [0.3, 0.4) is 0 Å². The quantitative estimate of drug-likeness (QED) is 0.321. The van der Waals surface area contributed by atoms with Crippen molar-refractivity contribution in [2.75, 3.05) is 9.80 Å². The van der Waals surface area contributed by atoms with E-state index in [1.165, 1.54) is 45.3 Å².